The predicted molar refractivity (Wildman–Crippen MR) is 90.7 cm³/mol. The summed E-state index contributed by atoms with van der Waals surface area (Å²) in [5.41, 5.74) is 7.65. The van der Waals surface area contributed by atoms with Gasteiger partial charge in [0.15, 0.2) is 5.76 Å². The van der Waals surface area contributed by atoms with Crippen LogP contribution in [0.25, 0.3) is 0 Å². The van der Waals surface area contributed by atoms with Crippen LogP contribution in [0.5, 0.6) is 0 Å². The number of carbonyl (C=O) groups excluding carboxylic acids is 3. The molecule has 1 atom stereocenters. The molecule has 7 heteroatoms. The third kappa shape index (κ3) is 3.55. The number of benzene rings is 1. The van der Waals surface area contributed by atoms with E-state index in [1.54, 1.807) is 11.0 Å². The molecule has 0 unspecified atom stereocenters. The zero-order chi connectivity index (χ0) is 18.0. The molecule has 1 aliphatic rings. The highest BCUT2D eigenvalue weighted by Gasteiger charge is 2.35. The number of carbonyl (C=O) groups is 3. The maximum Gasteiger partial charge on any atom is 0.305 e. The largest absolute Gasteiger partial charge is 0.459 e. The number of nitrogens with zero attached hydrogens (tertiary/aromatic N) is 1. The van der Waals surface area contributed by atoms with Crippen molar-refractivity contribution in [3.8, 4) is 0 Å². The van der Waals surface area contributed by atoms with Crippen molar-refractivity contribution in [1.29, 1.82) is 0 Å². The fraction of sp³-hybridized carbons (Fsp3) is 0.278. The maximum absolute atomic E-state index is 12.3. The van der Waals surface area contributed by atoms with Gasteiger partial charge < -0.3 is 9.32 Å². The van der Waals surface area contributed by atoms with Gasteiger partial charge in [0.25, 0.3) is 0 Å². The molecule has 1 aromatic carbocycles. The van der Waals surface area contributed by atoms with Crippen molar-refractivity contribution in [3.05, 3.63) is 53.5 Å². The molecule has 2 heterocycles. The molecule has 0 aliphatic carbocycles. The van der Waals surface area contributed by atoms with Crippen LogP contribution < -0.4 is 15.8 Å². The molecule has 25 heavy (non-hydrogen) atoms. The standard InChI is InChI=1S/C18H19N3O4/c1-11-5-6-14(8-12(11)2)21-10-13(9-16(21)22)17(23)19-20-18(24)15-4-3-7-25-15/h3-8,13H,9-10H2,1-2H3,(H,19,23)(H,20,24)/t13-/m0/s1. The summed E-state index contributed by atoms with van der Waals surface area (Å²) < 4.78 is 4.94. The van der Waals surface area contributed by atoms with E-state index >= 15 is 0 Å². The molecule has 0 bridgehead atoms. The van der Waals surface area contributed by atoms with Crippen molar-refractivity contribution >= 4 is 23.4 Å². The first-order valence-electron chi connectivity index (χ1n) is 7.97. The molecule has 3 rings (SSSR count). The van der Waals surface area contributed by atoms with E-state index in [1.807, 2.05) is 32.0 Å². The summed E-state index contributed by atoms with van der Waals surface area (Å²) in [4.78, 5) is 37.8. The Balaban J connectivity index is 1.60. The summed E-state index contributed by atoms with van der Waals surface area (Å²) in [7, 11) is 0. The molecular weight excluding hydrogens is 322 g/mol. The first-order valence-corrected chi connectivity index (χ1v) is 7.97. The predicted octanol–water partition coefficient (Wildman–Crippen LogP) is 1.71. The Hall–Kier alpha value is -3.09. The number of aryl methyl sites for hydroxylation is 2. The Bertz CT molecular complexity index is 814. The Labute approximate surface area is 145 Å². The normalized spacial score (nSPS) is 16.8. The number of furan rings is 1. The number of rotatable bonds is 3. The van der Waals surface area contributed by atoms with Crippen molar-refractivity contribution in [2.24, 2.45) is 5.92 Å². The average molecular weight is 341 g/mol. The second-order valence-electron chi connectivity index (χ2n) is 6.09. The molecule has 0 saturated carbocycles. The highest BCUT2D eigenvalue weighted by atomic mass is 16.3. The van der Waals surface area contributed by atoms with Gasteiger partial charge in [0.2, 0.25) is 11.8 Å². The van der Waals surface area contributed by atoms with E-state index in [4.69, 9.17) is 4.42 Å². The van der Waals surface area contributed by atoms with Gasteiger partial charge in [-0.1, -0.05) is 6.07 Å². The van der Waals surface area contributed by atoms with Crippen LogP contribution in [-0.2, 0) is 9.59 Å². The molecular formula is C18H19N3O4. The second kappa shape index (κ2) is 6.80. The quantitative estimate of drug-likeness (QED) is 0.832. The van der Waals surface area contributed by atoms with Gasteiger partial charge in [0.1, 0.15) is 0 Å². The minimum atomic E-state index is -0.548. The van der Waals surface area contributed by atoms with Crippen LogP contribution in [0.4, 0.5) is 5.69 Å². The summed E-state index contributed by atoms with van der Waals surface area (Å²) in [6.07, 6.45) is 1.48. The van der Waals surface area contributed by atoms with Crippen LogP contribution >= 0.6 is 0 Å². The topological polar surface area (TPSA) is 91.7 Å². The molecule has 130 valence electrons. The minimum absolute atomic E-state index is 0.0968. The van der Waals surface area contributed by atoms with Crippen molar-refractivity contribution in [2.45, 2.75) is 20.3 Å². The summed E-state index contributed by atoms with van der Waals surface area (Å²) >= 11 is 0. The number of hydrazine groups is 1. The van der Waals surface area contributed by atoms with E-state index in [9.17, 15) is 14.4 Å². The molecule has 1 fully saturated rings. The molecule has 0 radical (unpaired) electrons. The van der Waals surface area contributed by atoms with Crippen LogP contribution in [0.3, 0.4) is 0 Å². The first-order chi connectivity index (χ1) is 12.0. The zero-order valence-electron chi connectivity index (χ0n) is 14.0. The summed E-state index contributed by atoms with van der Waals surface area (Å²) in [5.74, 6) is -1.49. The minimum Gasteiger partial charge on any atom is -0.459 e. The first kappa shape index (κ1) is 16.8. The van der Waals surface area contributed by atoms with Gasteiger partial charge in [0, 0.05) is 18.7 Å². The lowest BCUT2D eigenvalue weighted by Crippen LogP contribution is -2.45. The van der Waals surface area contributed by atoms with Crippen LogP contribution in [0.2, 0.25) is 0 Å². The molecule has 7 nitrogen and oxygen atoms in total. The lowest BCUT2D eigenvalue weighted by Gasteiger charge is -2.18. The summed E-state index contributed by atoms with van der Waals surface area (Å²) in [6.45, 7) is 4.26. The fourth-order valence-corrected chi connectivity index (χ4v) is 2.72. The van der Waals surface area contributed by atoms with Crippen LogP contribution in [0, 0.1) is 19.8 Å². The molecule has 3 amide bonds. The third-order valence-electron chi connectivity index (χ3n) is 4.34. The summed E-state index contributed by atoms with van der Waals surface area (Å²) in [6, 6.07) is 8.83. The van der Waals surface area contributed by atoms with Crippen LogP contribution in [0.1, 0.15) is 28.1 Å². The molecule has 2 aromatic rings. The summed E-state index contributed by atoms with van der Waals surface area (Å²) in [5, 5.41) is 0. The second-order valence-corrected chi connectivity index (χ2v) is 6.09. The molecule has 2 N–H and O–H groups in total. The average Bonchev–Trinajstić information content (AvgIpc) is 3.24. The van der Waals surface area contributed by atoms with E-state index in [1.165, 1.54) is 12.3 Å². The number of hydrogen-bond donors (Lipinski definition) is 2. The highest BCUT2D eigenvalue weighted by Crippen LogP contribution is 2.26. The number of amides is 3. The Morgan fingerprint density at radius 2 is 1.96 bits per heavy atom. The Kier molecular flexibility index (Phi) is 4.56. The van der Waals surface area contributed by atoms with Crippen molar-refractivity contribution in [1.82, 2.24) is 10.9 Å². The van der Waals surface area contributed by atoms with E-state index < -0.39 is 17.7 Å². The van der Waals surface area contributed by atoms with Crippen LogP contribution in [0.15, 0.2) is 41.0 Å². The van der Waals surface area contributed by atoms with Gasteiger partial charge in [-0.2, -0.15) is 0 Å². The van der Waals surface area contributed by atoms with Gasteiger partial charge in [0.05, 0.1) is 12.2 Å². The highest BCUT2D eigenvalue weighted by molar-refractivity contribution is 6.01. The lowest BCUT2D eigenvalue weighted by molar-refractivity contribution is -0.126. The van der Waals surface area contributed by atoms with Crippen LogP contribution in [-0.4, -0.2) is 24.3 Å². The van der Waals surface area contributed by atoms with E-state index in [0.717, 1.165) is 16.8 Å². The number of hydrogen-bond acceptors (Lipinski definition) is 4. The van der Waals surface area contributed by atoms with Gasteiger partial charge >= 0.3 is 5.91 Å². The molecule has 1 aliphatic heterocycles. The Morgan fingerprint density at radius 1 is 1.16 bits per heavy atom. The Morgan fingerprint density at radius 3 is 2.64 bits per heavy atom. The van der Waals surface area contributed by atoms with E-state index in [0.29, 0.717) is 0 Å². The van der Waals surface area contributed by atoms with Gasteiger partial charge in [-0.05, 0) is 49.2 Å². The van der Waals surface area contributed by atoms with Gasteiger partial charge in [-0.3, -0.25) is 25.2 Å². The van der Waals surface area contributed by atoms with Crippen molar-refractivity contribution < 1.29 is 18.8 Å². The SMILES string of the molecule is Cc1ccc(N2C[C@@H](C(=O)NNC(=O)c3ccco3)CC2=O)cc1C. The monoisotopic (exact) mass is 341 g/mol. The fourth-order valence-electron chi connectivity index (χ4n) is 2.72. The number of nitrogens with one attached hydrogen (secondary N) is 2. The smallest absolute Gasteiger partial charge is 0.305 e. The van der Waals surface area contributed by atoms with E-state index in [-0.39, 0.29) is 24.6 Å². The van der Waals surface area contributed by atoms with Gasteiger partial charge in [-0.15, -0.1) is 0 Å². The van der Waals surface area contributed by atoms with E-state index in [2.05, 4.69) is 10.9 Å². The maximum atomic E-state index is 12.3. The lowest BCUT2D eigenvalue weighted by atomic mass is 10.1. The molecule has 1 saturated heterocycles. The van der Waals surface area contributed by atoms with Crippen molar-refractivity contribution in [2.75, 3.05) is 11.4 Å². The third-order valence-corrected chi connectivity index (χ3v) is 4.34. The van der Waals surface area contributed by atoms with Crippen molar-refractivity contribution in [3.63, 3.8) is 0 Å². The molecule has 1 aromatic heterocycles. The number of anilines is 1. The van der Waals surface area contributed by atoms with Gasteiger partial charge in [-0.25, -0.2) is 0 Å². The molecule has 0 spiro atoms. The zero-order valence-corrected chi connectivity index (χ0v) is 14.0.